The number of hydrogen-bond donors (Lipinski definition) is 0. The maximum atomic E-state index is 12.9. The number of benzene rings is 3. The molecule has 0 N–H and O–H groups in total. The Balaban J connectivity index is 1.47. The highest BCUT2D eigenvalue weighted by Crippen LogP contribution is 2.26. The number of halogens is 2. The Labute approximate surface area is 205 Å². The van der Waals surface area contributed by atoms with E-state index in [9.17, 15) is 9.59 Å². The van der Waals surface area contributed by atoms with Gasteiger partial charge in [-0.1, -0.05) is 36.2 Å². The van der Waals surface area contributed by atoms with E-state index in [1.54, 1.807) is 60.7 Å². The van der Waals surface area contributed by atoms with E-state index in [1.807, 2.05) is 6.92 Å². The fourth-order valence-electron chi connectivity index (χ4n) is 3.12. The van der Waals surface area contributed by atoms with E-state index < -0.39 is 5.97 Å². The van der Waals surface area contributed by atoms with Crippen molar-refractivity contribution in [3.63, 3.8) is 0 Å². The van der Waals surface area contributed by atoms with Crippen LogP contribution in [0.4, 0.5) is 0 Å². The van der Waals surface area contributed by atoms with Crippen molar-refractivity contribution in [1.82, 2.24) is 0 Å². The molecule has 1 heterocycles. The number of ether oxygens (including phenoxy) is 3. The third-order valence-corrected chi connectivity index (χ3v) is 5.47. The summed E-state index contributed by atoms with van der Waals surface area (Å²) >= 11 is 12.1. The lowest BCUT2D eigenvalue weighted by atomic mass is 10.2. The van der Waals surface area contributed by atoms with Crippen molar-refractivity contribution in [2.75, 3.05) is 6.61 Å². The Morgan fingerprint density at radius 3 is 2.47 bits per heavy atom. The van der Waals surface area contributed by atoms with Crippen molar-refractivity contribution >= 4 is 40.1 Å². The number of hydrogen-bond acceptors (Lipinski definition) is 6. The SMILES string of the molecule is CCCOC(=O)c1ccc(Oc2coc3cc(OCc4ccc(Cl)cc4Cl)ccc3c2=O)cc1. The third-order valence-electron chi connectivity index (χ3n) is 4.88. The molecule has 0 radical (unpaired) electrons. The molecule has 0 fully saturated rings. The Hall–Kier alpha value is -3.48. The van der Waals surface area contributed by atoms with Crippen molar-refractivity contribution in [1.29, 1.82) is 0 Å². The second-order valence-corrected chi connectivity index (χ2v) is 8.22. The van der Waals surface area contributed by atoms with E-state index in [-0.39, 0.29) is 17.8 Å². The van der Waals surface area contributed by atoms with Gasteiger partial charge in [-0.15, -0.1) is 0 Å². The molecule has 4 aromatic rings. The molecule has 1 aromatic heterocycles. The van der Waals surface area contributed by atoms with Gasteiger partial charge < -0.3 is 18.6 Å². The highest BCUT2D eigenvalue weighted by Gasteiger charge is 2.12. The fourth-order valence-corrected chi connectivity index (χ4v) is 3.58. The van der Waals surface area contributed by atoms with E-state index in [4.69, 9.17) is 41.8 Å². The zero-order valence-corrected chi connectivity index (χ0v) is 19.7. The molecule has 0 atom stereocenters. The number of rotatable bonds is 8. The average Bonchev–Trinajstić information content (AvgIpc) is 2.84. The van der Waals surface area contributed by atoms with Gasteiger partial charge in [0.05, 0.1) is 17.6 Å². The molecule has 0 saturated heterocycles. The van der Waals surface area contributed by atoms with Crippen LogP contribution in [-0.4, -0.2) is 12.6 Å². The van der Waals surface area contributed by atoms with Crippen molar-refractivity contribution in [2.24, 2.45) is 0 Å². The molecule has 6 nitrogen and oxygen atoms in total. The Morgan fingerprint density at radius 1 is 0.971 bits per heavy atom. The van der Waals surface area contributed by atoms with Gasteiger partial charge in [0.25, 0.3) is 0 Å². The lowest BCUT2D eigenvalue weighted by molar-refractivity contribution is 0.0505. The second-order valence-electron chi connectivity index (χ2n) is 7.37. The van der Waals surface area contributed by atoms with Crippen LogP contribution in [0.5, 0.6) is 17.2 Å². The van der Waals surface area contributed by atoms with Gasteiger partial charge in [-0.2, -0.15) is 0 Å². The van der Waals surface area contributed by atoms with Crippen molar-refractivity contribution in [3.05, 3.63) is 98.3 Å². The largest absolute Gasteiger partial charge is 0.489 e. The molecule has 34 heavy (non-hydrogen) atoms. The highest BCUT2D eigenvalue weighted by atomic mass is 35.5. The van der Waals surface area contributed by atoms with Crippen molar-refractivity contribution < 1.29 is 23.4 Å². The van der Waals surface area contributed by atoms with Gasteiger partial charge in [0, 0.05) is 21.7 Å². The number of carbonyl (C=O) groups excluding carboxylic acids is 1. The van der Waals surface area contributed by atoms with Gasteiger partial charge in [-0.05, 0) is 55.0 Å². The maximum Gasteiger partial charge on any atom is 0.338 e. The lowest BCUT2D eigenvalue weighted by Gasteiger charge is -2.10. The molecule has 0 spiro atoms. The molecule has 4 rings (SSSR count). The molecule has 0 aliphatic heterocycles. The zero-order chi connectivity index (χ0) is 24.1. The fraction of sp³-hybridized carbons (Fsp3) is 0.154. The summed E-state index contributed by atoms with van der Waals surface area (Å²) in [6, 6.07) is 16.4. The summed E-state index contributed by atoms with van der Waals surface area (Å²) in [4.78, 5) is 24.8. The third kappa shape index (κ3) is 5.53. The molecule has 174 valence electrons. The van der Waals surface area contributed by atoms with Crippen LogP contribution in [0.2, 0.25) is 10.0 Å². The maximum absolute atomic E-state index is 12.9. The quantitative estimate of drug-likeness (QED) is 0.242. The van der Waals surface area contributed by atoms with Crippen LogP contribution >= 0.6 is 23.2 Å². The minimum absolute atomic E-state index is 0.0235. The van der Waals surface area contributed by atoms with Gasteiger partial charge in [0.1, 0.15) is 30.0 Å². The average molecular weight is 499 g/mol. The Morgan fingerprint density at radius 2 is 1.74 bits per heavy atom. The molecule has 8 heteroatoms. The van der Waals surface area contributed by atoms with Gasteiger partial charge in [0.2, 0.25) is 11.2 Å². The number of fused-ring (bicyclic) bond motifs is 1. The monoisotopic (exact) mass is 498 g/mol. The molecule has 0 amide bonds. The summed E-state index contributed by atoms with van der Waals surface area (Å²) in [7, 11) is 0. The summed E-state index contributed by atoms with van der Waals surface area (Å²) in [5.41, 5.74) is 1.20. The van der Waals surface area contributed by atoms with Gasteiger partial charge in [-0.25, -0.2) is 4.79 Å². The van der Waals surface area contributed by atoms with Crippen LogP contribution in [0.15, 0.2) is 76.1 Å². The smallest absolute Gasteiger partial charge is 0.338 e. The highest BCUT2D eigenvalue weighted by molar-refractivity contribution is 6.35. The number of esters is 1. The van der Waals surface area contributed by atoms with E-state index in [1.165, 1.54) is 6.26 Å². The minimum atomic E-state index is -0.407. The summed E-state index contributed by atoms with van der Waals surface area (Å²) in [6.45, 7) is 2.51. The molecule has 0 aliphatic rings. The Kier molecular flexibility index (Phi) is 7.40. The topological polar surface area (TPSA) is 75.0 Å². The molecule has 3 aromatic carbocycles. The van der Waals surface area contributed by atoms with Crippen LogP contribution < -0.4 is 14.9 Å². The van der Waals surface area contributed by atoms with E-state index in [2.05, 4.69) is 0 Å². The van der Waals surface area contributed by atoms with Crippen molar-refractivity contribution in [2.45, 2.75) is 20.0 Å². The van der Waals surface area contributed by atoms with Crippen LogP contribution in [-0.2, 0) is 11.3 Å². The standard InChI is InChI=1S/C26H20Cl2O6/c1-2-11-31-26(30)16-4-7-19(8-5-16)34-24-15-33-23-13-20(9-10-21(23)25(24)29)32-14-17-3-6-18(27)12-22(17)28/h3-10,12-13,15H,2,11,14H2,1H3. The molecule has 0 unspecified atom stereocenters. The molecular weight excluding hydrogens is 479 g/mol. The van der Waals surface area contributed by atoms with Crippen molar-refractivity contribution in [3.8, 4) is 17.2 Å². The summed E-state index contributed by atoms with van der Waals surface area (Å²) < 4.78 is 22.2. The first-order chi connectivity index (χ1) is 16.4. The first-order valence-corrected chi connectivity index (χ1v) is 11.3. The van der Waals surface area contributed by atoms with Gasteiger partial charge >= 0.3 is 5.97 Å². The van der Waals surface area contributed by atoms with Crippen LogP contribution in [0.25, 0.3) is 11.0 Å². The molecule has 0 saturated carbocycles. The first kappa shape index (κ1) is 23.7. The van der Waals surface area contributed by atoms with E-state index >= 15 is 0 Å². The molecule has 0 bridgehead atoms. The summed E-state index contributed by atoms with van der Waals surface area (Å²) in [6.07, 6.45) is 1.99. The lowest BCUT2D eigenvalue weighted by Crippen LogP contribution is -2.06. The molecule has 0 aliphatic carbocycles. The first-order valence-electron chi connectivity index (χ1n) is 10.5. The van der Waals surface area contributed by atoms with Crippen LogP contribution in [0.3, 0.4) is 0 Å². The predicted molar refractivity (Wildman–Crippen MR) is 130 cm³/mol. The second kappa shape index (κ2) is 10.6. The summed E-state index contributed by atoms with van der Waals surface area (Å²) in [5, 5.41) is 1.39. The summed E-state index contributed by atoms with van der Waals surface area (Å²) in [5.74, 6) is 0.518. The zero-order valence-electron chi connectivity index (χ0n) is 18.2. The van der Waals surface area contributed by atoms with Crippen LogP contribution in [0, 0.1) is 0 Å². The normalized spacial score (nSPS) is 10.8. The van der Waals surface area contributed by atoms with Crippen LogP contribution in [0.1, 0.15) is 29.3 Å². The number of carbonyl (C=O) groups is 1. The van der Waals surface area contributed by atoms with E-state index in [0.29, 0.717) is 44.7 Å². The van der Waals surface area contributed by atoms with E-state index in [0.717, 1.165) is 12.0 Å². The Bertz CT molecular complexity index is 1380. The van der Waals surface area contributed by atoms with Gasteiger partial charge in [-0.3, -0.25) is 4.79 Å². The molecular formula is C26H20Cl2O6. The minimum Gasteiger partial charge on any atom is -0.489 e. The predicted octanol–water partition coefficient (Wildman–Crippen LogP) is 7.04. The van der Waals surface area contributed by atoms with Gasteiger partial charge in [0.15, 0.2) is 0 Å².